The first-order chi connectivity index (χ1) is 7.66. The van der Waals surface area contributed by atoms with Gasteiger partial charge < -0.3 is 5.73 Å². The van der Waals surface area contributed by atoms with E-state index in [1.807, 2.05) is 0 Å². The molecule has 0 aliphatic carbocycles. The van der Waals surface area contributed by atoms with E-state index in [2.05, 4.69) is 0 Å². The summed E-state index contributed by atoms with van der Waals surface area (Å²) in [6.45, 7) is 0. The molecule has 1 atom stereocenters. The lowest BCUT2D eigenvalue weighted by Crippen LogP contribution is -2.29. The number of halogens is 5. The van der Waals surface area contributed by atoms with Crippen molar-refractivity contribution in [2.24, 2.45) is 5.73 Å². The van der Waals surface area contributed by atoms with E-state index >= 15 is 0 Å². The van der Waals surface area contributed by atoms with Crippen LogP contribution in [0.25, 0.3) is 0 Å². The van der Waals surface area contributed by atoms with E-state index in [9.17, 15) is 23.3 Å². The summed E-state index contributed by atoms with van der Waals surface area (Å²) in [4.78, 5) is 9.60. The quantitative estimate of drug-likeness (QED) is 0.669. The van der Waals surface area contributed by atoms with Crippen molar-refractivity contribution in [2.75, 3.05) is 0 Å². The molecule has 94 valence electrons. The van der Waals surface area contributed by atoms with Gasteiger partial charge in [0.2, 0.25) is 0 Å². The molecule has 0 spiro atoms. The molecule has 0 aromatic heterocycles. The Hall–Kier alpha value is -1.05. The topological polar surface area (TPSA) is 69.2 Å². The Morgan fingerprint density at radius 1 is 1.35 bits per heavy atom. The number of hydrogen-bond acceptors (Lipinski definition) is 3. The second kappa shape index (κ2) is 4.67. The van der Waals surface area contributed by atoms with Crippen LogP contribution < -0.4 is 5.73 Å². The fourth-order valence-electron chi connectivity index (χ4n) is 1.15. The third-order valence-corrected chi connectivity index (χ3v) is 2.69. The molecular formula is C8H5Cl2F3N2O2. The standard InChI is InChI=1S/C8H5Cl2F3N2O2/c9-3-1-2-4(15(16)17)6(10)5(3)7(14)8(11,12)13/h1-2,7H,14H2/t7-/m0/s1. The molecule has 0 aliphatic heterocycles. The van der Waals surface area contributed by atoms with Crippen molar-refractivity contribution in [2.45, 2.75) is 12.2 Å². The average molecular weight is 289 g/mol. The summed E-state index contributed by atoms with van der Waals surface area (Å²) in [6, 6.07) is -0.605. The number of alkyl halides is 3. The summed E-state index contributed by atoms with van der Waals surface area (Å²) in [6.07, 6.45) is -4.79. The van der Waals surface area contributed by atoms with E-state index in [-0.39, 0.29) is 5.02 Å². The van der Waals surface area contributed by atoms with Gasteiger partial charge in [0, 0.05) is 16.7 Å². The number of nitro groups is 1. The molecule has 1 rings (SSSR count). The molecule has 9 heteroatoms. The number of rotatable bonds is 2. The molecule has 1 aromatic rings. The van der Waals surface area contributed by atoms with Gasteiger partial charge >= 0.3 is 6.18 Å². The maximum atomic E-state index is 12.4. The molecule has 4 nitrogen and oxygen atoms in total. The van der Waals surface area contributed by atoms with Crippen molar-refractivity contribution in [3.8, 4) is 0 Å². The smallest absolute Gasteiger partial charge is 0.316 e. The average Bonchev–Trinajstić information content (AvgIpc) is 2.15. The van der Waals surface area contributed by atoms with E-state index < -0.39 is 33.4 Å². The van der Waals surface area contributed by atoms with Crippen LogP contribution in [0.3, 0.4) is 0 Å². The number of hydrogen-bond donors (Lipinski definition) is 1. The Morgan fingerprint density at radius 2 is 1.88 bits per heavy atom. The maximum Gasteiger partial charge on any atom is 0.407 e. The molecule has 17 heavy (non-hydrogen) atoms. The molecule has 0 saturated heterocycles. The Bertz CT molecular complexity index is 465. The summed E-state index contributed by atoms with van der Waals surface area (Å²) in [5.41, 5.74) is 3.55. The minimum Gasteiger partial charge on any atom is -0.316 e. The lowest BCUT2D eigenvalue weighted by molar-refractivity contribution is -0.384. The van der Waals surface area contributed by atoms with E-state index in [0.717, 1.165) is 12.1 Å². The first kappa shape index (κ1) is 14.0. The van der Waals surface area contributed by atoms with Crippen LogP contribution in [-0.2, 0) is 0 Å². The van der Waals surface area contributed by atoms with Crippen molar-refractivity contribution >= 4 is 28.9 Å². The van der Waals surface area contributed by atoms with E-state index in [1.54, 1.807) is 0 Å². The van der Waals surface area contributed by atoms with Gasteiger partial charge in [0.15, 0.2) is 0 Å². The van der Waals surface area contributed by atoms with Crippen LogP contribution in [0.4, 0.5) is 18.9 Å². The first-order valence-corrected chi connectivity index (χ1v) is 4.86. The highest BCUT2D eigenvalue weighted by atomic mass is 35.5. The van der Waals surface area contributed by atoms with Crippen molar-refractivity contribution in [1.82, 2.24) is 0 Å². The Kier molecular flexibility index (Phi) is 3.85. The molecule has 0 heterocycles. The molecule has 2 N–H and O–H groups in total. The van der Waals surface area contributed by atoms with Crippen LogP contribution in [0.1, 0.15) is 11.6 Å². The summed E-state index contributed by atoms with van der Waals surface area (Å²) in [5.74, 6) is 0. The maximum absolute atomic E-state index is 12.4. The normalized spacial score (nSPS) is 13.5. The zero-order chi connectivity index (χ0) is 13.4. The minimum atomic E-state index is -4.79. The predicted molar refractivity (Wildman–Crippen MR) is 56.1 cm³/mol. The number of nitrogens with zero attached hydrogens (tertiary/aromatic N) is 1. The van der Waals surface area contributed by atoms with E-state index in [4.69, 9.17) is 28.9 Å². The van der Waals surface area contributed by atoms with Gasteiger partial charge in [-0.25, -0.2) is 0 Å². The van der Waals surface area contributed by atoms with Crippen LogP contribution in [0.2, 0.25) is 10.0 Å². The third-order valence-electron chi connectivity index (χ3n) is 1.97. The highest BCUT2D eigenvalue weighted by Crippen LogP contribution is 2.41. The van der Waals surface area contributed by atoms with Gasteiger partial charge in [0.25, 0.3) is 5.69 Å². The second-order valence-electron chi connectivity index (χ2n) is 3.07. The molecule has 0 radical (unpaired) electrons. The van der Waals surface area contributed by atoms with Crippen LogP contribution in [-0.4, -0.2) is 11.1 Å². The molecule has 0 unspecified atom stereocenters. The van der Waals surface area contributed by atoms with Gasteiger partial charge in [0.1, 0.15) is 11.1 Å². The summed E-state index contributed by atoms with van der Waals surface area (Å²) in [5, 5.41) is 9.44. The highest BCUT2D eigenvalue weighted by molar-refractivity contribution is 6.37. The predicted octanol–water partition coefficient (Wildman–Crippen LogP) is 3.46. The Morgan fingerprint density at radius 3 is 2.29 bits per heavy atom. The van der Waals surface area contributed by atoms with Gasteiger partial charge in [-0.05, 0) is 6.07 Å². The lowest BCUT2D eigenvalue weighted by Gasteiger charge is -2.18. The first-order valence-electron chi connectivity index (χ1n) is 4.11. The number of benzene rings is 1. The number of nitrogens with two attached hydrogens (primary N) is 1. The van der Waals surface area contributed by atoms with E-state index in [0.29, 0.717) is 0 Å². The third kappa shape index (κ3) is 2.80. The van der Waals surface area contributed by atoms with Crippen molar-refractivity contribution in [3.63, 3.8) is 0 Å². The zero-order valence-corrected chi connectivity index (χ0v) is 9.47. The number of nitro benzene ring substituents is 1. The van der Waals surface area contributed by atoms with Crippen molar-refractivity contribution in [3.05, 3.63) is 37.9 Å². The van der Waals surface area contributed by atoms with Crippen LogP contribution in [0.5, 0.6) is 0 Å². The van der Waals surface area contributed by atoms with Crippen molar-refractivity contribution in [1.29, 1.82) is 0 Å². The fraction of sp³-hybridized carbons (Fsp3) is 0.250. The summed E-state index contributed by atoms with van der Waals surface area (Å²) >= 11 is 11.0. The highest BCUT2D eigenvalue weighted by Gasteiger charge is 2.41. The second-order valence-corrected chi connectivity index (χ2v) is 3.86. The van der Waals surface area contributed by atoms with Gasteiger partial charge in [-0.3, -0.25) is 10.1 Å². The largest absolute Gasteiger partial charge is 0.407 e. The summed E-state index contributed by atoms with van der Waals surface area (Å²) < 4.78 is 37.2. The zero-order valence-electron chi connectivity index (χ0n) is 7.96. The molecular weight excluding hydrogens is 284 g/mol. The van der Waals surface area contributed by atoms with Gasteiger partial charge in [0.05, 0.1) is 4.92 Å². The Labute approximate surface area is 103 Å². The fourth-order valence-corrected chi connectivity index (χ4v) is 1.82. The molecule has 0 fully saturated rings. The Balaban J connectivity index is 3.42. The van der Waals surface area contributed by atoms with Crippen LogP contribution in [0.15, 0.2) is 12.1 Å². The molecule has 0 aliphatic rings. The van der Waals surface area contributed by atoms with Crippen LogP contribution >= 0.6 is 23.2 Å². The summed E-state index contributed by atoms with van der Waals surface area (Å²) in [7, 11) is 0. The molecule has 0 saturated carbocycles. The minimum absolute atomic E-state index is 0.370. The van der Waals surface area contributed by atoms with Crippen molar-refractivity contribution < 1.29 is 18.1 Å². The van der Waals surface area contributed by atoms with Gasteiger partial charge in [-0.15, -0.1) is 0 Å². The van der Waals surface area contributed by atoms with Gasteiger partial charge in [-0.1, -0.05) is 23.2 Å². The molecule has 0 bridgehead atoms. The van der Waals surface area contributed by atoms with E-state index in [1.165, 1.54) is 0 Å². The monoisotopic (exact) mass is 288 g/mol. The van der Waals surface area contributed by atoms with Crippen LogP contribution in [0, 0.1) is 10.1 Å². The SMILES string of the molecule is N[C@@H](c1c(Cl)ccc([N+](=O)[O-])c1Cl)C(F)(F)F. The lowest BCUT2D eigenvalue weighted by atomic mass is 10.1. The van der Waals surface area contributed by atoms with Gasteiger partial charge in [-0.2, -0.15) is 13.2 Å². The molecule has 1 aromatic carbocycles. The molecule has 0 amide bonds.